The van der Waals surface area contributed by atoms with E-state index in [1.165, 1.54) is 6.92 Å². The van der Waals surface area contributed by atoms with Gasteiger partial charge in [0.05, 0.1) is 0 Å². The Kier molecular flexibility index (Phi) is 7.56. The van der Waals surface area contributed by atoms with E-state index >= 15 is 0 Å². The van der Waals surface area contributed by atoms with Crippen LogP contribution < -0.4 is 0 Å². The SMILES string of the molecule is CC(=O)SCC(C(=O)N(C1CCCCC1)[C@H](C)C(=O)O)C(F)(F)F. The van der Waals surface area contributed by atoms with E-state index < -0.39 is 46.9 Å². The lowest BCUT2D eigenvalue weighted by atomic mass is 9.92. The minimum absolute atomic E-state index is 0.425. The third-order valence-corrected chi connectivity index (χ3v) is 5.05. The fraction of sp³-hybridized carbons (Fsp3) is 0.800. The number of alkyl halides is 3. The molecule has 1 aliphatic rings. The molecule has 24 heavy (non-hydrogen) atoms. The van der Waals surface area contributed by atoms with Crippen LogP contribution in [0.25, 0.3) is 0 Å². The molecule has 0 aromatic carbocycles. The van der Waals surface area contributed by atoms with Crippen LogP contribution in [0.2, 0.25) is 0 Å². The molecule has 1 aliphatic carbocycles. The molecule has 1 N–H and O–H groups in total. The van der Waals surface area contributed by atoms with Gasteiger partial charge in [-0.05, 0) is 19.8 Å². The fourth-order valence-corrected chi connectivity index (χ4v) is 3.58. The molecule has 1 unspecified atom stereocenters. The van der Waals surface area contributed by atoms with Crippen LogP contribution in [-0.4, -0.2) is 51.0 Å². The molecule has 2 atom stereocenters. The number of aliphatic carboxylic acids is 1. The van der Waals surface area contributed by atoms with Crippen LogP contribution in [-0.2, 0) is 14.4 Å². The second-order valence-electron chi connectivity index (χ2n) is 5.95. The number of carboxylic acids is 1. The highest BCUT2D eigenvalue weighted by atomic mass is 32.2. The monoisotopic (exact) mass is 369 g/mol. The highest BCUT2D eigenvalue weighted by Gasteiger charge is 2.49. The number of rotatable bonds is 6. The number of hydrogen-bond donors (Lipinski definition) is 1. The lowest BCUT2D eigenvalue weighted by Gasteiger charge is -2.39. The van der Waals surface area contributed by atoms with Gasteiger partial charge in [-0.15, -0.1) is 0 Å². The van der Waals surface area contributed by atoms with Crippen molar-refractivity contribution in [3.63, 3.8) is 0 Å². The Morgan fingerprint density at radius 1 is 1.21 bits per heavy atom. The maximum Gasteiger partial charge on any atom is 0.401 e. The molecular weight excluding hydrogens is 347 g/mol. The van der Waals surface area contributed by atoms with Gasteiger partial charge in [0.2, 0.25) is 5.91 Å². The third kappa shape index (κ3) is 5.68. The van der Waals surface area contributed by atoms with E-state index in [-0.39, 0.29) is 0 Å². The van der Waals surface area contributed by atoms with Crippen molar-refractivity contribution in [3.8, 4) is 0 Å². The normalized spacial score (nSPS) is 18.7. The quantitative estimate of drug-likeness (QED) is 0.779. The lowest BCUT2D eigenvalue weighted by Crippen LogP contribution is -2.54. The molecule has 0 spiro atoms. The minimum atomic E-state index is -4.83. The molecule has 0 aromatic heterocycles. The molecule has 0 heterocycles. The Balaban J connectivity index is 3.08. The first-order valence-corrected chi connectivity index (χ1v) is 8.79. The fourth-order valence-electron chi connectivity index (χ4n) is 2.85. The van der Waals surface area contributed by atoms with Crippen molar-refractivity contribution in [2.45, 2.75) is 64.2 Å². The average molecular weight is 369 g/mol. The smallest absolute Gasteiger partial charge is 0.401 e. The topological polar surface area (TPSA) is 74.7 Å². The van der Waals surface area contributed by atoms with Crippen LogP contribution in [0.4, 0.5) is 13.2 Å². The number of carboxylic acid groups (broad SMARTS) is 1. The zero-order valence-corrected chi connectivity index (χ0v) is 14.5. The van der Waals surface area contributed by atoms with Gasteiger partial charge >= 0.3 is 12.1 Å². The first kappa shape index (κ1) is 20.8. The predicted octanol–water partition coefficient (Wildman–Crippen LogP) is 3.08. The Morgan fingerprint density at radius 2 is 1.75 bits per heavy atom. The summed E-state index contributed by atoms with van der Waals surface area (Å²) in [5.41, 5.74) is 0. The summed E-state index contributed by atoms with van der Waals surface area (Å²) in [6.45, 7) is 2.35. The van der Waals surface area contributed by atoms with Gasteiger partial charge in [-0.3, -0.25) is 9.59 Å². The van der Waals surface area contributed by atoms with Gasteiger partial charge in [-0.2, -0.15) is 13.2 Å². The number of carbonyl (C=O) groups excluding carboxylic acids is 2. The van der Waals surface area contributed by atoms with Crippen LogP contribution in [0.5, 0.6) is 0 Å². The summed E-state index contributed by atoms with van der Waals surface area (Å²) in [5.74, 6) is -5.70. The van der Waals surface area contributed by atoms with Gasteiger partial charge in [0.15, 0.2) is 5.12 Å². The Labute approximate surface area is 143 Å². The molecule has 138 valence electrons. The van der Waals surface area contributed by atoms with Crippen molar-refractivity contribution < 1.29 is 32.7 Å². The number of amides is 1. The van der Waals surface area contributed by atoms with Crippen LogP contribution >= 0.6 is 11.8 Å². The Bertz CT molecular complexity index is 478. The van der Waals surface area contributed by atoms with Crippen molar-refractivity contribution in [2.24, 2.45) is 5.92 Å². The largest absolute Gasteiger partial charge is 0.480 e. The van der Waals surface area contributed by atoms with E-state index in [0.29, 0.717) is 24.6 Å². The van der Waals surface area contributed by atoms with Crippen molar-refractivity contribution in [3.05, 3.63) is 0 Å². The number of carbonyl (C=O) groups is 3. The molecule has 0 aliphatic heterocycles. The van der Waals surface area contributed by atoms with Crippen LogP contribution in [0, 0.1) is 5.92 Å². The molecule has 5 nitrogen and oxygen atoms in total. The van der Waals surface area contributed by atoms with E-state index in [9.17, 15) is 32.7 Å². The van der Waals surface area contributed by atoms with Crippen LogP contribution in [0.1, 0.15) is 46.0 Å². The Hall–Kier alpha value is -1.25. The summed E-state index contributed by atoms with van der Waals surface area (Å²) in [7, 11) is 0. The molecule has 1 saturated carbocycles. The standard InChI is InChI=1S/C15H22F3NO4S/c1-9(14(22)23)19(11-6-4-3-5-7-11)13(21)12(15(16,17)18)8-24-10(2)20/h9,11-12H,3-8H2,1-2H3,(H,22,23)/t9-,12?/m1/s1. The first-order chi connectivity index (χ1) is 11.1. The van der Waals surface area contributed by atoms with E-state index in [0.717, 1.165) is 31.1 Å². The van der Waals surface area contributed by atoms with Crippen LogP contribution in [0.3, 0.4) is 0 Å². The first-order valence-electron chi connectivity index (χ1n) is 7.80. The molecule has 0 bridgehead atoms. The third-order valence-electron chi connectivity index (χ3n) is 4.14. The second-order valence-corrected chi connectivity index (χ2v) is 7.15. The second kappa shape index (κ2) is 8.73. The maximum atomic E-state index is 13.3. The summed E-state index contributed by atoms with van der Waals surface area (Å²) in [6.07, 6.45) is -1.42. The summed E-state index contributed by atoms with van der Waals surface area (Å²) < 4.78 is 39.9. The van der Waals surface area contributed by atoms with Gasteiger partial charge in [-0.1, -0.05) is 31.0 Å². The number of thioether (sulfide) groups is 1. The summed E-state index contributed by atoms with van der Waals surface area (Å²) in [5, 5.41) is 8.68. The molecule has 9 heteroatoms. The molecule has 1 fully saturated rings. The summed E-state index contributed by atoms with van der Waals surface area (Å²) in [4.78, 5) is 35.7. The number of nitrogens with zero attached hydrogens (tertiary/aromatic N) is 1. The van der Waals surface area contributed by atoms with Gasteiger partial charge in [0, 0.05) is 18.7 Å². The minimum Gasteiger partial charge on any atom is -0.480 e. The molecule has 0 radical (unpaired) electrons. The van der Waals surface area contributed by atoms with E-state index in [2.05, 4.69) is 0 Å². The van der Waals surface area contributed by atoms with Gasteiger partial charge in [-0.25, -0.2) is 4.79 Å². The summed E-state index contributed by atoms with van der Waals surface area (Å²) >= 11 is 0.425. The average Bonchev–Trinajstić information content (AvgIpc) is 2.46. The van der Waals surface area contributed by atoms with Gasteiger partial charge in [0.25, 0.3) is 0 Å². The zero-order chi connectivity index (χ0) is 18.5. The van der Waals surface area contributed by atoms with Crippen LogP contribution in [0.15, 0.2) is 0 Å². The zero-order valence-electron chi connectivity index (χ0n) is 13.6. The highest BCUT2D eigenvalue weighted by molar-refractivity contribution is 8.13. The molecule has 0 aromatic rings. The van der Waals surface area contributed by atoms with E-state index in [1.807, 2.05) is 0 Å². The highest BCUT2D eigenvalue weighted by Crippen LogP contribution is 2.34. The number of hydrogen-bond acceptors (Lipinski definition) is 4. The van der Waals surface area contributed by atoms with Crippen molar-refractivity contribution in [1.82, 2.24) is 4.90 Å². The number of halogens is 3. The van der Waals surface area contributed by atoms with Crippen molar-refractivity contribution in [2.75, 3.05) is 5.75 Å². The summed E-state index contributed by atoms with van der Waals surface area (Å²) in [6, 6.07) is -1.85. The predicted molar refractivity (Wildman–Crippen MR) is 83.5 cm³/mol. The van der Waals surface area contributed by atoms with Gasteiger partial charge < -0.3 is 10.0 Å². The Morgan fingerprint density at radius 3 is 2.17 bits per heavy atom. The van der Waals surface area contributed by atoms with Crippen molar-refractivity contribution in [1.29, 1.82) is 0 Å². The molecular formula is C15H22F3NO4S. The van der Waals surface area contributed by atoms with Gasteiger partial charge in [0.1, 0.15) is 12.0 Å². The maximum absolute atomic E-state index is 13.3. The molecule has 0 saturated heterocycles. The molecule has 1 rings (SSSR count). The van der Waals surface area contributed by atoms with E-state index in [1.54, 1.807) is 0 Å². The lowest BCUT2D eigenvalue weighted by molar-refractivity contribution is -0.189. The van der Waals surface area contributed by atoms with Crippen molar-refractivity contribution >= 4 is 28.8 Å². The molecule has 1 amide bonds. The van der Waals surface area contributed by atoms with E-state index in [4.69, 9.17) is 0 Å².